The number of methoxy groups -OCH3 is 1. The van der Waals surface area contributed by atoms with Gasteiger partial charge in [0, 0.05) is 11.9 Å². The van der Waals surface area contributed by atoms with E-state index in [4.69, 9.17) is 11.6 Å². The highest BCUT2D eigenvalue weighted by molar-refractivity contribution is 7.98. The van der Waals surface area contributed by atoms with Gasteiger partial charge in [0.1, 0.15) is 0 Å². The van der Waals surface area contributed by atoms with Crippen molar-refractivity contribution in [2.24, 2.45) is 0 Å². The van der Waals surface area contributed by atoms with E-state index in [2.05, 4.69) is 9.72 Å². The summed E-state index contributed by atoms with van der Waals surface area (Å²) in [5.74, 6) is 0.467. The van der Waals surface area contributed by atoms with Crippen LogP contribution in [0, 0.1) is 0 Å². The lowest BCUT2D eigenvalue weighted by Crippen LogP contribution is -2.00. The van der Waals surface area contributed by atoms with Gasteiger partial charge in [-0.25, -0.2) is 9.78 Å². The molecule has 1 aromatic heterocycles. The van der Waals surface area contributed by atoms with Gasteiger partial charge in [0.25, 0.3) is 0 Å². The minimum atomic E-state index is -0.321. The number of carbonyl (C=O) groups excluding carboxylic acids is 1. The van der Waals surface area contributed by atoms with Crippen molar-refractivity contribution >= 4 is 29.3 Å². The zero-order valence-corrected chi connectivity index (χ0v) is 11.9. The summed E-state index contributed by atoms with van der Waals surface area (Å²) in [6.07, 6.45) is 1.63. The van der Waals surface area contributed by atoms with Crippen LogP contribution in [0.4, 0.5) is 0 Å². The molecule has 2 aromatic rings. The highest BCUT2D eigenvalue weighted by atomic mass is 35.5. The first-order valence-electron chi connectivity index (χ1n) is 5.60. The van der Waals surface area contributed by atoms with Crippen molar-refractivity contribution in [2.75, 3.05) is 7.11 Å². The van der Waals surface area contributed by atoms with Crippen molar-refractivity contribution in [3.63, 3.8) is 0 Å². The molecule has 0 aliphatic heterocycles. The van der Waals surface area contributed by atoms with Crippen molar-refractivity contribution < 1.29 is 9.53 Å². The average Bonchev–Trinajstić information content (AvgIpc) is 2.46. The summed E-state index contributed by atoms with van der Waals surface area (Å²) >= 11 is 7.39. The molecule has 0 fully saturated rings. The van der Waals surface area contributed by atoms with Crippen molar-refractivity contribution in [1.29, 1.82) is 0 Å². The number of carbonyl (C=O) groups is 1. The van der Waals surface area contributed by atoms with Crippen LogP contribution < -0.4 is 0 Å². The Bertz CT molecular complexity index is 555. The maximum absolute atomic E-state index is 11.3. The lowest BCUT2D eigenvalue weighted by molar-refractivity contribution is 0.0600. The van der Waals surface area contributed by atoms with E-state index in [1.165, 1.54) is 7.11 Å². The first kappa shape index (κ1) is 13.9. The predicted octanol–water partition coefficient (Wildman–Crippen LogP) is 3.81. The number of ether oxygens (including phenoxy) is 1. The zero-order chi connectivity index (χ0) is 13.7. The van der Waals surface area contributed by atoms with E-state index in [9.17, 15) is 4.79 Å². The molecule has 1 aromatic carbocycles. The molecule has 0 saturated carbocycles. The van der Waals surface area contributed by atoms with Gasteiger partial charge in [-0.05, 0) is 29.8 Å². The van der Waals surface area contributed by atoms with E-state index in [-0.39, 0.29) is 5.97 Å². The smallest absolute Gasteiger partial charge is 0.337 e. The lowest BCUT2D eigenvalue weighted by Gasteiger charge is -2.03. The molecular formula is C14H12ClNO2S. The molecule has 0 bridgehead atoms. The minimum Gasteiger partial charge on any atom is -0.465 e. The van der Waals surface area contributed by atoms with Crippen LogP contribution >= 0.6 is 23.4 Å². The Hall–Kier alpha value is -1.52. The average molecular weight is 294 g/mol. The van der Waals surface area contributed by atoms with Gasteiger partial charge in [-0.3, -0.25) is 0 Å². The van der Waals surface area contributed by atoms with E-state index in [0.29, 0.717) is 10.6 Å². The van der Waals surface area contributed by atoms with Gasteiger partial charge >= 0.3 is 5.97 Å². The first-order valence-corrected chi connectivity index (χ1v) is 6.97. The fourth-order valence-corrected chi connectivity index (χ4v) is 2.37. The Kier molecular flexibility index (Phi) is 4.82. The summed E-state index contributed by atoms with van der Waals surface area (Å²) in [6.45, 7) is 0. The molecule has 3 nitrogen and oxygen atoms in total. The summed E-state index contributed by atoms with van der Waals surface area (Å²) < 4.78 is 4.65. The zero-order valence-electron chi connectivity index (χ0n) is 10.3. The summed E-state index contributed by atoms with van der Waals surface area (Å²) in [7, 11) is 1.37. The van der Waals surface area contributed by atoms with E-state index in [1.807, 2.05) is 24.3 Å². The second-order valence-electron chi connectivity index (χ2n) is 3.79. The molecule has 98 valence electrons. The van der Waals surface area contributed by atoms with E-state index < -0.39 is 0 Å². The molecule has 0 N–H and O–H groups in total. The Morgan fingerprint density at radius 1 is 1.26 bits per heavy atom. The second kappa shape index (κ2) is 6.59. The van der Waals surface area contributed by atoms with E-state index in [0.717, 1.165) is 16.3 Å². The highest BCUT2D eigenvalue weighted by Gasteiger charge is 2.04. The van der Waals surface area contributed by atoms with Crippen molar-refractivity contribution in [1.82, 2.24) is 4.98 Å². The molecule has 19 heavy (non-hydrogen) atoms. The van der Waals surface area contributed by atoms with Gasteiger partial charge in [0.15, 0.2) is 0 Å². The Morgan fingerprint density at radius 3 is 2.58 bits per heavy atom. The number of nitrogens with zero attached hydrogens (tertiary/aromatic N) is 1. The quantitative estimate of drug-likeness (QED) is 0.635. The van der Waals surface area contributed by atoms with Gasteiger partial charge in [-0.2, -0.15) is 0 Å². The predicted molar refractivity (Wildman–Crippen MR) is 76.6 cm³/mol. The number of thioether (sulfide) groups is 1. The highest BCUT2D eigenvalue weighted by Crippen LogP contribution is 2.22. The Morgan fingerprint density at radius 2 is 2.00 bits per heavy atom. The molecule has 0 amide bonds. The van der Waals surface area contributed by atoms with E-state index in [1.54, 1.807) is 30.1 Å². The fourth-order valence-electron chi connectivity index (χ4n) is 1.46. The van der Waals surface area contributed by atoms with Crippen LogP contribution in [0.3, 0.4) is 0 Å². The van der Waals surface area contributed by atoms with Crippen LogP contribution in [0.1, 0.15) is 15.9 Å². The number of pyridine rings is 1. The fraction of sp³-hybridized carbons (Fsp3) is 0.143. The number of benzene rings is 1. The molecule has 0 aliphatic rings. The molecule has 0 radical (unpaired) electrons. The second-order valence-corrected chi connectivity index (χ2v) is 5.22. The molecule has 0 unspecified atom stereocenters. The molecular weight excluding hydrogens is 282 g/mol. The number of esters is 1. The maximum Gasteiger partial charge on any atom is 0.337 e. The maximum atomic E-state index is 11.3. The van der Waals surface area contributed by atoms with Crippen molar-refractivity contribution in [2.45, 2.75) is 10.8 Å². The van der Waals surface area contributed by atoms with Crippen molar-refractivity contribution in [3.05, 3.63) is 58.7 Å². The number of hydrogen-bond acceptors (Lipinski definition) is 4. The monoisotopic (exact) mass is 293 g/mol. The van der Waals surface area contributed by atoms with Crippen LogP contribution in [0.5, 0.6) is 0 Å². The molecule has 0 spiro atoms. The largest absolute Gasteiger partial charge is 0.465 e. The van der Waals surface area contributed by atoms with Gasteiger partial charge < -0.3 is 4.74 Å². The van der Waals surface area contributed by atoms with Crippen LogP contribution in [-0.2, 0) is 10.5 Å². The van der Waals surface area contributed by atoms with Crippen LogP contribution in [-0.4, -0.2) is 18.1 Å². The third-order valence-electron chi connectivity index (χ3n) is 2.46. The topological polar surface area (TPSA) is 39.2 Å². The number of halogens is 1. The Labute approximate surface area is 121 Å². The molecule has 0 saturated heterocycles. The number of rotatable bonds is 4. The van der Waals surface area contributed by atoms with Gasteiger partial charge in [0.05, 0.1) is 22.7 Å². The number of aromatic nitrogens is 1. The van der Waals surface area contributed by atoms with Gasteiger partial charge in [-0.15, -0.1) is 11.8 Å². The first-order chi connectivity index (χ1) is 9.19. The third-order valence-corrected chi connectivity index (χ3v) is 3.70. The van der Waals surface area contributed by atoms with Crippen molar-refractivity contribution in [3.8, 4) is 0 Å². The third kappa shape index (κ3) is 3.98. The summed E-state index contributed by atoms with van der Waals surface area (Å²) in [4.78, 5) is 15.5. The van der Waals surface area contributed by atoms with Crippen LogP contribution in [0.15, 0.2) is 47.6 Å². The normalized spacial score (nSPS) is 10.2. The molecule has 5 heteroatoms. The van der Waals surface area contributed by atoms with Gasteiger partial charge in [-0.1, -0.05) is 23.7 Å². The summed E-state index contributed by atoms with van der Waals surface area (Å²) in [5.41, 5.74) is 1.68. The summed E-state index contributed by atoms with van der Waals surface area (Å²) in [6, 6.07) is 11.0. The molecule has 0 atom stereocenters. The minimum absolute atomic E-state index is 0.321. The SMILES string of the molecule is COC(=O)c1ccc(CSc2ccc(Cl)cn2)cc1. The molecule has 1 heterocycles. The summed E-state index contributed by atoms with van der Waals surface area (Å²) in [5, 5.41) is 1.55. The van der Waals surface area contributed by atoms with Crippen LogP contribution in [0.2, 0.25) is 5.02 Å². The van der Waals surface area contributed by atoms with Crippen LogP contribution in [0.25, 0.3) is 0 Å². The number of hydrogen-bond donors (Lipinski definition) is 0. The Balaban J connectivity index is 1.96. The van der Waals surface area contributed by atoms with Gasteiger partial charge in [0.2, 0.25) is 0 Å². The van der Waals surface area contributed by atoms with E-state index >= 15 is 0 Å². The lowest BCUT2D eigenvalue weighted by atomic mass is 10.1. The molecule has 0 aliphatic carbocycles. The standard InChI is InChI=1S/C14H12ClNO2S/c1-18-14(17)11-4-2-10(3-5-11)9-19-13-7-6-12(15)8-16-13/h2-8H,9H2,1H3. The molecule has 2 rings (SSSR count).